The van der Waals surface area contributed by atoms with Gasteiger partial charge in [-0.1, -0.05) is 18.2 Å². The zero-order valence-electron chi connectivity index (χ0n) is 13.9. The summed E-state index contributed by atoms with van der Waals surface area (Å²) in [6, 6.07) is 9.45. The first-order valence-corrected chi connectivity index (χ1v) is 9.25. The fourth-order valence-corrected chi connectivity index (χ4v) is 4.31. The minimum Gasteiger partial charge on any atom is -0.331 e. The Hall–Kier alpha value is -1.65. The first kappa shape index (κ1) is 16.2. The molecule has 1 amide bonds. The van der Waals surface area contributed by atoms with E-state index in [-0.39, 0.29) is 5.91 Å². The van der Waals surface area contributed by atoms with Crippen LogP contribution in [0.3, 0.4) is 0 Å². The molecule has 0 spiro atoms. The van der Waals surface area contributed by atoms with Gasteiger partial charge >= 0.3 is 0 Å². The zero-order chi connectivity index (χ0) is 16.2. The molecule has 3 rings (SSSR count). The molecule has 0 unspecified atom stereocenters. The van der Waals surface area contributed by atoms with E-state index in [1.54, 1.807) is 16.2 Å². The van der Waals surface area contributed by atoms with Crippen LogP contribution in [0.25, 0.3) is 0 Å². The minimum atomic E-state index is -0.0123. The second-order valence-electron chi connectivity index (χ2n) is 6.40. The molecule has 1 aromatic carbocycles. The van der Waals surface area contributed by atoms with E-state index in [1.807, 2.05) is 30.3 Å². The van der Waals surface area contributed by atoms with Crippen LogP contribution in [0.5, 0.6) is 0 Å². The maximum absolute atomic E-state index is 12.5. The molecule has 2 heterocycles. The summed E-state index contributed by atoms with van der Waals surface area (Å²) >= 11 is 1.71. The summed E-state index contributed by atoms with van der Waals surface area (Å²) in [5, 5.41) is 4.18. The van der Waals surface area contributed by atoms with Gasteiger partial charge in [0.2, 0.25) is 0 Å². The van der Waals surface area contributed by atoms with E-state index in [4.69, 9.17) is 0 Å². The van der Waals surface area contributed by atoms with Crippen LogP contribution in [0.4, 0.5) is 5.00 Å². The molecule has 0 atom stereocenters. The third kappa shape index (κ3) is 3.82. The number of piperidine rings is 1. The van der Waals surface area contributed by atoms with Crippen LogP contribution in [0.15, 0.2) is 30.3 Å². The number of amides is 1. The molecule has 1 saturated heterocycles. The molecule has 1 aliphatic heterocycles. The maximum atomic E-state index is 12.5. The molecule has 0 radical (unpaired) electrons. The molecular weight excluding hydrogens is 304 g/mol. The highest BCUT2D eigenvalue weighted by Gasteiger charge is 2.21. The number of thiophene rings is 1. The third-order valence-corrected chi connectivity index (χ3v) is 5.93. The summed E-state index contributed by atoms with van der Waals surface area (Å²) in [6.45, 7) is 7.86. The third-order valence-electron chi connectivity index (χ3n) is 4.76. The number of anilines is 1. The van der Waals surface area contributed by atoms with Crippen molar-refractivity contribution in [1.82, 2.24) is 0 Å². The van der Waals surface area contributed by atoms with Gasteiger partial charge in [-0.2, -0.15) is 0 Å². The molecule has 0 aliphatic carbocycles. The van der Waals surface area contributed by atoms with E-state index in [0.717, 1.165) is 11.5 Å². The lowest BCUT2D eigenvalue weighted by molar-refractivity contribution is -0.918. The Morgan fingerprint density at radius 2 is 1.83 bits per heavy atom. The fourth-order valence-electron chi connectivity index (χ4n) is 3.23. The summed E-state index contributed by atoms with van der Waals surface area (Å²) in [5.41, 5.74) is 3.39. The van der Waals surface area contributed by atoms with Crippen LogP contribution < -0.4 is 10.2 Å². The average Bonchev–Trinajstić information content (AvgIpc) is 2.84. The molecule has 0 saturated carbocycles. The largest absolute Gasteiger partial charge is 0.331 e. The van der Waals surface area contributed by atoms with Gasteiger partial charge in [0.25, 0.3) is 5.91 Å². The van der Waals surface area contributed by atoms with Crippen LogP contribution in [0.2, 0.25) is 0 Å². The Morgan fingerprint density at radius 3 is 2.52 bits per heavy atom. The second-order valence-corrected chi connectivity index (χ2v) is 7.62. The Bertz CT molecular complexity index is 672. The van der Waals surface area contributed by atoms with E-state index in [0.29, 0.717) is 5.56 Å². The standard InChI is InChI=1S/C19H24N2OS/c1-14-15(2)23-19(17(14)13-21-11-7-4-8-12-21)20-18(22)16-9-5-3-6-10-16/h3,5-6,9-10H,4,7-8,11-13H2,1-2H3,(H,20,22)/p+1. The summed E-state index contributed by atoms with van der Waals surface area (Å²) in [5.74, 6) is -0.0123. The molecule has 1 aliphatic rings. The Kier molecular flexibility index (Phi) is 5.13. The Morgan fingerprint density at radius 1 is 1.13 bits per heavy atom. The number of rotatable bonds is 4. The van der Waals surface area contributed by atoms with Gasteiger partial charge in [-0.3, -0.25) is 4.79 Å². The van der Waals surface area contributed by atoms with Gasteiger partial charge in [0.15, 0.2) is 0 Å². The monoisotopic (exact) mass is 329 g/mol. The van der Waals surface area contributed by atoms with Crippen molar-refractivity contribution in [3.8, 4) is 0 Å². The number of likely N-dealkylation sites (tertiary alicyclic amines) is 1. The molecule has 2 aromatic rings. The number of quaternary nitrogens is 1. The average molecular weight is 329 g/mol. The van der Waals surface area contributed by atoms with Crippen molar-refractivity contribution >= 4 is 22.2 Å². The predicted molar refractivity (Wildman–Crippen MR) is 96.4 cm³/mol. The summed E-state index contributed by atoms with van der Waals surface area (Å²) in [6.07, 6.45) is 4.01. The van der Waals surface area contributed by atoms with Gasteiger partial charge in [-0.25, -0.2) is 0 Å². The van der Waals surface area contributed by atoms with Crippen molar-refractivity contribution in [2.75, 3.05) is 18.4 Å². The molecule has 0 bridgehead atoms. The van der Waals surface area contributed by atoms with E-state index < -0.39 is 0 Å². The van der Waals surface area contributed by atoms with Gasteiger partial charge in [-0.15, -0.1) is 11.3 Å². The highest BCUT2D eigenvalue weighted by Crippen LogP contribution is 2.32. The summed E-state index contributed by atoms with van der Waals surface area (Å²) < 4.78 is 0. The number of aryl methyl sites for hydroxylation is 1. The fraction of sp³-hybridized carbons (Fsp3) is 0.421. The van der Waals surface area contributed by atoms with Crippen molar-refractivity contribution < 1.29 is 9.69 Å². The van der Waals surface area contributed by atoms with Gasteiger partial charge in [0.05, 0.1) is 13.1 Å². The quantitative estimate of drug-likeness (QED) is 0.887. The van der Waals surface area contributed by atoms with Crippen molar-refractivity contribution in [3.05, 3.63) is 51.9 Å². The topological polar surface area (TPSA) is 33.5 Å². The summed E-state index contributed by atoms with van der Waals surface area (Å²) in [4.78, 5) is 15.4. The first-order chi connectivity index (χ1) is 11.1. The molecule has 122 valence electrons. The number of carbonyl (C=O) groups excluding carboxylic acids is 1. The SMILES string of the molecule is Cc1sc(NC(=O)c2ccccc2)c(C[NH+]2CCCCC2)c1C. The molecule has 1 fully saturated rings. The van der Waals surface area contributed by atoms with Crippen molar-refractivity contribution in [3.63, 3.8) is 0 Å². The molecular formula is C19H25N2OS+. The Labute approximate surface area is 142 Å². The number of carbonyl (C=O) groups is 1. The van der Waals surface area contributed by atoms with Crippen LogP contribution >= 0.6 is 11.3 Å². The molecule has 23 heavy (non-hydrogen) atoms. The first-order valence-electron chi connectivity index (χ1n) is 8.44. The van der Waals surface area contributed by atoms with Gasteiger partial charge in [-0.05, 0) is 50.8 Å². The number of nitrogens with one attached hydrogen (secondary N) is 2. The number of hydrogen-bond acceptors (Lipinski definition) is 2. The van der Waals surface area contributed by atoms with Crippen molar-refractivity contribution in [2.45, 2.75) is 39.7 Å². The number of hydrogen-bond donors (Lipinski definition) is 2. The minimum absolute atomic E-state index is 0.0123. The highest BCUT2D eigenvalue weighted by atomic mass is 32.1. The molecule has 3 nitrogen and oxygen atoms in total. The van der Waals surface area contributed by atoms with Crippen LogP contribution in [0, 0.1) is 13.8 Å². The number of benzene rings is 1. The zero-order valence-corrected chi connectivity index (χ0v) is 14.8. The smallest absolute Gasteiger partial charge is 0.256 e. The highest BCUT2D eigenvalue weighted by molar-refractivity contribution is 7.16. The van der Waals surface area contributed by atoms with E-state index in [2.05, 4.69) is 19.2 Å². The second kappa shape index (κ2) is 7.28. The predicted octanol–water partition coefficient (Wildman–Crippen LogP) is 3.19. The van der Waals surface area contributed by atoms with Crippen LogP contribution in [-0.4, -0.2) is 19.0 Å². The maximum Gasteiger partial charge on any atom is 0.256 e. The Balaban J connectivity index is 1.78. The van der Waals surface area contributed by atoms with Gasteiger partial charge in [0.1, 0.15) is 11.5 Å². The lowest BCUT2D eigenvalue weighted by Crippen LogP contribution is -3.11. The normalized spacial score (nSPS) is 15.6. The van der Waals surface area contributed by atoms with E-state index >= 15 is 0 Å². The van der Waals surface area contributed by atoms with E-state index in [9.17, 15) is 4.79 Å². The molecule has 2 N–H and O–H groups in total. The summed E-state index contributed by atoms with van der Waals surface area (Å²) in [7, 11) is 0. The molecule has 1 aromatic heterocycles. The van der Waals surface area contributed by atoms with Gasteiger partial charge in [0, 0.05) is 16.0 Å². The van der Waals surface area contributed by atoms with Crippen LogP contribution in [0.1, 0.15) is 45.6 Å². The lowest BCUT2D eigenvalue weighted by Gasteiger charge is -2.24. The van der Waals surface area contributed by atoms with Crippen LogP contribution in [-0.2, 0) is 6.54 Å². The van der Waals surface area contributed by atoms with E-state index in [1.165, 1.54) is 48.4 Å². The lowest BCUT2D eigenvalue weighted by atomic mass is 10.1. The molecule has 4 heteroatoms. The van der Waals surface area contributed by atoms with Gasteiger partial charge < -0.3 is 10.2 Å². The van der Waals surface area contributed by atoms with Crippen molar-refractivity contribution in [2.24, 2.45) is 0 Å². The van der Waals surface area contributed by atoms with Crippen molar-refractivity contribution in [1.29, 1.82) is 0 Å².